The molecule has 2 aliphatic heterocycles. The number of hydrogen-bond acceptors (Lipinski definition) is 3. The summed E-state index contributed by atoms with van der Waals surface area (Å²) in [5.74, 6) is 1.23. The second-order valence-electron chi connectivity index (χ2n) is 6.85. The Labute approximate surface area is 135 Å². The topological polar surface area (TPSA) is 57.7 Å². The van der Waals surface area contributed by atoms with Gasteiger partial charge in [-0.15, -0.1) is 0 Å². The van der Waals surface area contributed by atoms with Gasteiger partial charge in [0.25, 0.3) is 0 Å². The molecule has 0 radical (unpaired) electrons. The summed E-state index contributed by atoms with van der Waals surface area (Å²) in [4.78, 5) is 14.5. The van der Waals surface area contributed by atoms with Crippen LogP contribution in [0.25, 0.3) is 0 Å². The number of unbranched alkanes of at least 4 members (excludes halogenated alkanes) is 1. The van der Waals surface area contributed by atoms with Crippen molar-refractivity contribution >= 4 is 15.9 Å². The van der Waals surface area contributed by atoms with Crippen LogP contribution in [0.4, 0.5) is 0 Å². The van der Waals surface area contributed by atoms with Gasteiger partial charge in [-0.25, -0.2) is 12.7 Å². The van der Waals surface area contributed by atoms with Crippen LogP contribution >= 0.6 is 0 Å². The lowest BCUT2D eigenvalue weighted by molar-refractivity contribution is -0.138. The first kappa shape index (κ1) is 17.7. The van der Waals surface area contributed by atoms with E-state index in [9.17, 15) is 13.2 Å². The molecular formula is C16H30N2O3S. The predicted octanol–water partition coefficient (Wildman–Crippen LogP) is 2.09. The second kappa shape index (κ2) is 7.77. The molecule has 1 amide bonds. The third kappa shape index (κ3) is 4.44. The summed E-state index contributed by atoms with van der Waals surface area (Å²) in [6.45, 7) is 6.99. The Hall–Kier alpha value is -0.620. The zero-order chi connectivity index (χ0) is 16.2. The van der Waals surface area contributed by atoms with Crippen LogP contribution < -0.4 is 0 Å². The Morgan fingerprint density at radius 1 is 1.05 bits per heavy atom. The number of hydrogen-bond donors (Lipinski definition) is 0. The molecule has 0 aliphatic carbocycles. The van der Waals surface area contributed by atoms with E-state index in [1.807, 2.05) is 11.8 Å². The van der Waals surface area contributed by atoms with E-state index in [0.717, 1.165) is 38.3 Å². The van der Waals surface area contributed by atoms with Crippen molar-refractivity contribution in [2.24, 2.45) is 11.8 Å². The maximum atomic E-state index is 12.5. The molecule has 0 spiro atoms. The minimum atomic E-state index is -3.12. The van der Waals surface area contributed by atoms with Crippen molar-refractivity contribution in [2.45, 2.75) is 52.4 Å². The van der Waals surface area contributed by atoms with Crippen LogP contribution in [-0.4, -0.2) is 55.5 Å². The van der Waals surface area contributed by atoms with Gasteiger partial charge in [0, 0.05) is 32.1 Å². The lowest BCUT2D eigenvalue weighted by Gasteiger charge is -2.36. The van der Waals surface area contributed by atoms with Gasteiger partial charge in [0.05, 0.1) is 5.75 Å². The molecule has 0 aromatic carbocycles. The van der Waals surface area contributed by atoms with E-state index in [4.69, 9.17) is 0 Å². The first-order valence-electron chi connectivity index (χ1n) is 8.70. The number of nitrogens with zero attached hydrogens (tertiary/aromatic N) is 2. The molecule has 0 saturated carbocycles. The summed E-state index contributed by atoms with van der Waals surface area (Å²) < 4.78 is 26.0. The first-order chi connectivity index (χ1) is 10.4. The summed E-state index contributed by atoms with van der Waals surface area (Å²) >= 11 is 0. The van der Waals surface area contributed by atoms with Crippen molar-refractivity contribution in [2.75, 3.05) is 31.9 Å². The van der Waals surface area contributed by atoms with Gasteiger partial charge < -0.3 is 4.90 Å². The standard InChI is InChI=1S/C16H30N2O3S/c1-3-4-13-22(20,21)18-11-7-15(8-12-18)16(19)17-9-5-14(2)6-10-17/h14-15H,3-13H2,1-2H3. The summed E-state index contributed by atoms with van der Waals surface area (Å²) in [7, 11) is -3.12. The molecule has 0 aromatic heterocycles. The van der Waals surface area contributed by atoms with Gasteiger partial charge in [-0.05, 0) is 38.0 Å². The molecule has 2 fully saturated rings. The van der Waals surface area contributed by atoms with Crippen molar-refractivity contribution in [3.8, 4) is 0 Å². The summed E-state index contributed by atoms with van der Waals surface area (Å²) in [5, 5.41) is 0. The van der Waals surface area contributed by atoms with Crippen LogP contribution in [0.2, 0.25) is 0 Å². The van der Waals surface area contributed by atoms with E-state index in [2.05, 4.69) is 6.92 Å². The fraction of sp³-hybridized carbons (Fsp3) is 0.938. The van der Waals surface area contributed by atoms with Crippen LogP contribution in [0, 0.1) is 11.8 Å². The fourth-order valence-electron chi connectivity index (χ4n) is 3.32. The Balaban J connectivity index is 1.83. The molecule has 2 saturated heterocycles. The average Bonchev–Trinajstić information content (AvgIpc) is 2.53. The number of likely N-dealkylation sites (tertiary alicyclic amines) is 1. The second-order valence-corrected chi connectivity index (χ2v) is 8.94. The summed E-state index contributed by atoms with van der Waals surface area (Å²) in [6, 6.07) is 0. The van der Waals surface area contributed by atoms with E-state index in [1.165, 1.54) is 0 Å². The summed E-state index contributed by atoms with van der Waals surface area (Å²) in [6.07, 6.45) is 5.15. The highest BCUT2D eigenvalue weighted by molar-refractivity contribution is 7.89. The molecule has 0 N–H and O–H groups in total. The van der Waals surface area contributed by atoms with Gasteiger partial charge in [0.1, 0.15) is 0 Å². The van der Waals surface area contributed by atoms with Crippen molar-refractivity contribution in [1.29, 1.82) is 0 Å². The quantitative estimate of drug-likeness (QED) is 0.775. The fourth-order valence-corrected chi connectivity index (χ4v) is 5.00. The Kier molecular flexibility index (Phi) is 6.26. The molecule has 5 nitrogen and oxygen atoms in total. The molecule has 22 heavy (non-hydrogen) atoms. The molecule has 6 heteroatoms. The number of rotatable bonds is 5. The molecular weight excluding hydrogens is 300 g/mol. The van der Waals surface area contributed by atoms with E-state index in [1.54, 1.807) is 4.31 Å². The van der Waals surface area contributed by atoms with Crippen molar-refractivity contribution < 1.29 is 13.2 Å². The van der Waals surface area contributed by atoms with E-state index in [-0.39, 0.29) is 17.6 Å². The number of carbonyl (C=O) groups is 1. The van der Waals surface area contributed by atoms with Crippen molar-refractivity contribution in [1.82, 2.24) is 9.21 Å². The smallest absolute Gasteiger partial charge is 0.225 e. The maximum Gasteiger partial charge on any atom is 0.225 e. The number of piperidine rings is 2. The molecule has 2 heterocycles. The lowest BCUT2D eigenvalue weighted by Crippen LogP contribution is -2.46. The predicted molar refractivity (Wildman–Crippen MR) is 88.0 cm³/mol. The van der Waals surface area contributed by atoms with Crippen LogP contribution in [0.3, 0.4) is 0 Å². The zero-order valence-electron chi connectivity index (χ0n) is 14.0. The monoisotopic (exact) mass is 330 g/mol. The maximum absolute atomic E-state index is 12.5. The highest BCUT2D eigenvalue weighted by Crippen LogP contribution is 2.25. The van der Waals surface area contributed by atoms with Gasteiger partial charge >= 0.3 is 0 Å². The van der Waals surface area contributed by atoms with Crippen LogP contribution in [0.15, 0.2) is 0 Å². The number of amides is 1. The Bertz CT molecular complexity index is 462. The molecule has 0 unspecified atom stereocenters. The van der Waals surface area contributed by atoms with Gasteiger partial charge in [0.15, 0.2) is 0 Å². The van der Waals surface area contributed by atoms with Gasteiger partial charge in [-0.2, -0.15) is 0 Å². The van der Waals surface area contributed by atoms with Crippen molar-refractivity contribution in [3.63, 3.8) is 0 Å². The largest absolute Gasteiger partial charge is 0.342 e. The molecule has 128 valence electrons. The molecule has 2 aliphatic rings. The first-order valence-corrected chi connectivity index (χ1v) is 10.3. The summed E-state index contributed by atoms with van der Waals surface area (Å²) in [5.41, 5.74) is 0. The van der Waals surface area contributed by atoms with Gasteiger partial charge in [-0.1, -0.05) is 20.3 Å². The third-order valence-corrected chi connectivity index (χ3v) is 7.00. The van der Waals surface area contributed by atoms with Crippen LogP contribution in [0.1, 0.15) is 52.4 Å². The molecule has 0 bridgehead atoms. The normalized spacial score (nSPS) is 22.9. The molecule has 0 aromatic rings. The average molecular weight is 330 g/mol. The Morgan fingerprint density at radius 2 is 1.64 bits per heavy atom. The van der Waals surface area contributed by atoms with Crippen molar-refractivity contribution in [3.05, 3.63) is 0 Å². The Morgan fingerprint density at radius 3 is 2.18 bits per heavy atom. The molecule has 2 rings (SSSR count). The SMILES string of the molecule is CCCCS(=O)(=O)N1CCC(C(=O)N2CCC(C)CC2)CC1. The minimum absolute atomic E-state index is 0.0195. The molecule has 0 atom stereocenters. The van der Waals surface area contributed by atoms with E-state index in [0.29, 0.717) is 32.4 Å². The highest BCUT2D eigenvalue weighted by atomic mass is 32.2. The number of sulfonamides is 1. The van der Waals surface area contributed by atoms with Crippen LogP contribution in [-0.2, 0) is 14.8 Å². The van der Waals surface area contributed by atoms with Crippen LogP contribution in [0.5, 0.6) is 0 Å². The van der Waals surface area contributed by atoms with Gasteiger partial charge in [0.2, 0.25) is 15.9 Å². The third-order valence-electron chi connectivity index (χ3n) is 5.05. The van der Waals surface area contributed by atoms with E-state index >= 15 is 0 Å². The highest BCUT2D eigenvalue weighted by Gasteiger charge is 2.33. The van der Waals surface area contributed by atoms with E-state index < -0.39 is 10.0 Å². The minimum Gasteiger partial charge on any atom is -0.342 e. The zero-order valence-corrected chi connectivity index (χ0v) is 14.8. The number of carbonyl (C=O) groups excluding carboxylic acids is 1. The lowest BCUT2D eigenvalue weighted by atomic mass is 9.93. The van der Waals surface area contributed by atoms with Gasteiger partial charge in [-0.3, -0.25) is 4.79 Å².